The number of carbonyl (C=O) groups is 1. The van der Waals surface area contributed by atoms with Crippen LogP contribution in [-0.4, -0.2) is 21.2 Å². The van der Waals surface area contributed by atoms with Crippen LogP contribution >= 0.6 is 0 Å². The van der Waals surface area contributed by atoms with Gasteiger partial charge in [0, 0.05) is 6.08 Å². The number of hydrogen-bond donors (Lipinski definition) is 0. The summed E-state index contributed by atoms with van der Waals surface area (Å²) in [5, 5.41) is 2.63. The minimum atomic E-state index is -1.76. The fourth-order valence-electron chi connectivity index (χ4n) is 2.17. The van der Waals surface area contributed by atoms with Crippen LogP contribution in [0.5, 0.6) is 0 Å². The van der Waals surface area contributed by atoms with Gasteiger partial charge < -0.3 is 4.74 Å². The third-order valence-corrected chi connectivity index (χ3v) is 7.37. The molecule has 19 heavy (non-hydrogen) atoms. The molecule has 0 aliphatic heterocycles. The molecule has 0 heterocycles. The molecule has 0 saturated carbocycles. The second-order valence-corrected chi connectivity index (χ2v) is 9.76. The van der Waals surface area contributed by atoms with Crippen LogP contribution in [-0.2, 0) is 9.53 Å². The van der Waals surface area contributed by atoms with E-state index in [9.17, 15) is 4.79 Å². The van der Waals surface area contributed by atoms with E-state index in [0.717, 1.165) is 19.3 Å². The van der Waals surface area contributed by atoms with Gasteiger partial charge in [0.1, 0.15) is 8.07 Å². The molecule has 1 aromatic rings. The number of unbranched alkanes of at least 4 members (excludes halogenated alkanes) is 1. The Morgan fingerprint density at radius 1 is 1.26 bits per heavy atom. The van der Waals surface area contributed by atoms with Gasteiger partial charge in [0.05, 0.1) is 7.11 Å². The van der Waals surface area contributed by atoms with Crippen LogP contribution in [0.25, 0.3) is 0 Å². The topological polar surface area (TPSA) is 26.3 Å². The summed E-state index contributed by atoms with van der Waals surface area (Å²) < 4.78 is 4.80. The molecule has 1 aromatic carbocycles. The highest BCUT2D eigenvalue weighted by molar-refractivity contribution is 6.95. The molecule has 0 aliphatic carbocycles. The van der Waals surface area contributed by atoms with Crippen molar-refractivity contribution in [3.05, 3.63) is 41.6 Å². The molecule has 0 amide bonds. The maximum Gasteiger partial charge on any atom is 0.330 e. The molecule has 0 unspecified atom stereocenters. The van der Waals surface area contributed by atoms with Gasteiger partial charge in [-0.05, 0) is 6.42 Å². The highest BCUT2D eigenvalue weighted by Gasteiger charge is 2.28. The van der Waals surface area contributed by atoms with Crippen molar-refractivity contribution in [1.82, 2.24) is 0 Å². The average Bonchev–Trinajstić information content (AvgIpc) is 2.43. The third kappa shape index (κ3) is 4.35. The second kappa shape index (κ2) is 7.29. The molecule has 0 fully saturated rings. The van der Waals surface area contributed by atoms with Crippen LogP contribution in [0.1, 0.15) is 26.2 Å². The first-order valence-corrected chi connectivity index (χ1v) is 9.87. The lowest BCUT2D eigenvalue weighted by Gasteiger charge is -2.26. The van der Waals surface area contributed by atoms with Gasteiger partial charge >= 0.3 is 5.97 Å². The average molecular weight is 276 g/mol. The number of ether oxygens (including phenoxy) is 1. The highest BCUT2D eigenvalue weighted by atomic mass is 28.3. The number of allylic oxidation sites excluding steroid dienone is 1. The maximum absolute atomic E-state index is 11.6. The molecule has 0 spiro atoms. The van der Waals surface area contributed by atoms with Gasteiger partial charge in [0.2, 0.25) is 0 Å². The Bertz CT molecular complexity index is 435. The van der Waals surface area contributed by atoms with Crippen LogP contribution in [0.2, 0.25) is 13.1 Å². The van der Waals surface area contributed by atoms with Crippen molar-refractivity contribution in [1.29, 1.82) is 0 Å². The van der Waals surface area contributed by atoms with Gasteiger partial charge in [-0.3, -0.25) is 0 Å². The van der Waals surface area contributed by atoms with E-state index in [1.807, 2.05) is 6.07 Å². The quantitative estimate of drug-likeness (QED) is 0.452. The van der Waals surface area contributed by atoms with Crippen LogP contribution in [0, 0.1) is 0 Å². The number of carbonyl (C=O) groups excluding carboxylic acids is 1. The summed E-state index contributed by atoms with van der Waals surface area (Å²) in [4.78, 5) is 11.6. The molecule has 1 rings (SSSR count). The summed E-state index contributed by atoms with van der Waals surface area (Å²) in [6, 6.07) is 10.5. The predicted molar refractivity (Wildman–Crippen MR) is 83.2 cm³/mol. The van der Waals surface area contributed by atoms with Crippen molar-refractivity contribution < 1.29 is 9.53 Å². The smallest absolute Gasteiger partial charge is 0.330 e. The first-order valence-electron chi connectivity index (χ1n) is 6.87. The van der Waals surface area contributed by atoms with Crippen molar-refractivity contribution in [3.63, 3.8) is 0 Å². The lowest BCUT2D eigenvalue weighted by Crippen LogP contribution is -2.44. The number of methoxy groups -OCH3 is 1. The summed E-state index contributed by atoms with van der Waals surface area (Å²) in [5.41, 5.74) is 0. The van der Waals surface area contributed by atoms with E-state index >= 15 is 0 Å². The van der Waals surface area contributed by atoms with E-state index in [1.54, 1.807) is 6.08 Å². The van der Waals surface area contributed by atoms with Crippen LogP contribution in [0.4, 0.5) is 0 Å². The SMILES string of the molecule is CCCC/C(=C\C(=O)OC)[Si](C)(C)c1ccccc1. The Morgan fingerprint density at radius 2 is 1.89 bits per heavy atom. The highest BCUT2D eigenvalue weighted by Crippen LogP contribution is 2.21. The van der Waals surface area contributed by atoms with Crippen molar-refractivity contribution in [2.45, 2.75) is 39.3 Å². The Hall–Kier alpha value is -1.35. The zero-order chi connectivity index (χ0) is 14.3. The van der Waals surface area contributed by atoms with Gasteiger partial charge in [-0.15, -0.1) is 0 Å². The molecule has 3 heteroatoms. The minimum absolute atomic E-state index is 0.234. The fraction of sp³-hybridized carbons (Fsp3) is 0.438. The Labute approximate surface area is 117 Å². The molecular formula is C16H24O2Si. The Balaban J connectivity index is 3.08. The maximum atomic E-state index is 11.6. The largest absolute Gasteiger partial charge is 0.466 e. The number of benzene rings is 1. The van der Waals surface area contributed by atoms with Crippen LogP contribution in [0.3, 0.4) is 0 Å². The van der Waals surface area contributed by atoms with Gasteiger partial charge in [0.25, 0.3) is 0 Å². The van der Waals surface area contributed by atoms with Crippen LogP contribution < -0.4 is 5.19 Å². The molecular weight excluding hydrogens is 252 g/mol. The van der Waals surface area contributed by atoms with Crippen molar-refractivity contribution in [2.75, 3.05) is 7.11 Å². The fourth-order valence-corrected chi connectivity index (χ4v) is 4.85. The number of rotatable bonds is 6. The normalized spacial score (nSPS) is 12.3. The molecule has 104 valence electrons. The van der Waals surface area contributed by atoms with E-state index in [2.05, 4.69) is 44.3 Å². The monoisotopic (exact) mass is 276 g/mol. The molecule has 0 aromatic heterocycles. The molecule has 0 saturated heterocycles. The van der Waals surface area contributed by atoms with E-state index in [1.165, 1.54) is 17.5 Å². The van der Waals surface area contributed by atoms with Crippen molar-refractivity contribution in [2.24, 2.45) is 0 Å². The lowest BCUT2D eigenvalue weighted by atomic mass is 10.2. The summed E-state index contributed by atoms with van der Waals surface area (Å²) in [5.74, 6) is -0.234. The lowest BCUT2D eigenvalue weighted by molar-refractivity contribution is -0.134. The van der Waals surface area contributed by atoms with E-state index in [0.29, 0.717) is 0 Å². The molecule has 0 atom stereocenters. The first-order chi connectivity index (χ1) is 9.02. The third-order valence-electron chi connectivity index (χ3n) is 3.59. The standard InChI is InChI=1S/C16H24O2Si/c1-5-6-10-15(13-16(17)18-2)19(3,4)14-11-8-7-9-12-14/h7-9,11-13H,5-6,10H2,1-4H3/b15-13+. The van der Waals surface area contributed by atoms with Gasteiger partial charge in [-0.25, -0.2) is 4.79 Å². The number of hydrogen-bond acceptors (Lipinski definition) is 2. The molecule has 0 radical (unpaired) electrons. The van der Waals surface area contributed by atoms with E-state index < -0.39 is 8.07 Å². The summed E-state index contributed by atoms with van der Waals surface area (Å²) in [6.07, 6.45) is 4.96. The van der Waals surface area contributed by atoms with E-state index in [4.69, 9.17) is 4.74 Å². The second-order valence-electron chi connectivity index (χ2n) is 5.29. The first kappa shape index (κ1) is 15.7. The van der Waals surface area contributed by atoms with Crippen LogP contribution in [0.15, 0.2) is 41.6 Å². The van der Waals surface area contributed by atoms with E-state index in [-0.39, 0.29) is 5.97 Å². The Morgan fingerprint density at radius 3 is 2.42 bits per heavy atom. The summed E-state index contributed by atoms with van der Waals surface area (Å²) >= 11 is 0. The predicted octanol–water partition coefficient (Wildman–Crippen LogP) is 3.43. The number of esters is 1. The van der Waals surface area contributed by atoms with Crippen molar-refractivity contribution in [3.8, 4) is 0 Å². The van der Waals surface area contributed by atoms with Gasteiger partial charge in [-0.2, -0.15) is 0 Å². The summed E-state index contributed by atoms with van der Waals surface area (Å²) in [6.45, 7) is 6.77. The minimum Gasteiger partial charge on any atom is -0.466 e. The zero-order valence-corrected chi connectivity index (χ0v) is 13.4. The molecule has 2 nitrogen and oxygen atoms in total. The molecule has 0 N–H and O–H groups in total. The van der Waals surface area contributed by atoms with Gasteiger partial charge in [0.15, 0.2) is 0 Å². The van der Waals surface area contributed by atoms with Gasteiger partial charge in [-0.1, -0.05) is 73.6 Å². The Kier molecular flexibility index (Phi) is 6.02. The summed E-state index contributed by atoms with van der Waals surface area (Å²) in [7, 11) is -0.327. The molecule has 0 aliphatic rings. The van der Waals surface area contributed by atoms with Crippen molar-refractivity contribution >= 4 is 19.2 Å². The zero-order valence-electron chi connectivity index (χ0n) is 12.4. The molecule has 0 bridgehead atoms.